The SMILES string of the molecule is C#CCSCCN[C@H]1CCC[C@@H]1O. The minimum atomic E-state index is -0.127. The molecule has 2 N–H and O–H groups in total. The predicted molar refractivity (Wildman–Crippen MR) is 57.8 cm³/mol. The Bertz CT molecular complexity index is 178. The van der Waals surface area contributed by atoms with E-state index >= 15 is 0 Å². The quantitative estimate of drug-likeness (QED) is 0.509. The highest BCUT2D eigenvalue weighted by Crippen LogP contribution is 2.18. The van der Waals surface area contributed by atoms with Crippen molar-refractivity contribution in [2.24, 2.45) is 0 Å². The summed E-state index contributed by atoms with van der Waals surface area (Å²) in [6, 6.07) is 0.325. The molecule has 0 aliphatic heterocycles. The number of aliphatic hydroxyl groups excluding tert-OH is 1. The Balaban J connectivity index is 1.96. The molecule has 0 spiro atoms. The van der Waals surface area contributed by atoms with Crippen LogP contribution in [0.4, 0.5) is 0 Å². The molecule has 1 aliphatic rings. The molecule has 1 aliphatic carbocycles. The maximum atomic E-state index is 9.49. The summed E-state index contributed by atoms with van der Waals surface area (Å²) in [5, 5.41) is 12.8. The Kier molecular flexibility index (Phi) is 5.29. The smallest absolute Gasteiger partial charge is 0.0693 e. The van der Waals surface area contributed by atoms with Crippen LogP contribution in [0.2, 0.25) is 0 Å². The van der Waals surface area contributed by atoms with E-state index in [1.807, 2.05) is 0 Å². The third-order valence-corrected chi connectivity index (χ3v) is 3.18. The first-order valence-electron chi connectivity index (χ1n) is 4.77. The molecule has 0 heterocycles. The van der Waals surface area contributed by atoms with Crippen molar-refractivity contribution < 1.29 is 5.11 Å². The summed E-state index contributed by atoms with van der Waals surface area (Å²) in [6.07, 6.45) is 8.21. The molecule has 0 saturated heterocycles. The first-order chi connectivity index (χ1) is 6.34. The number of aliphatic hydroxyl groups is 1. The van der Waals surface area contributed by atoms with Gasteiger partial charge >= 0.3 is 0 Å². The lowest BCUT2D eigenvalue weighted by atomic mass is 10.2. The Morgan fingerprint density at radius 2 is 2.38 bits per heavy atom. The van der Waals surface area contributed by atoms with Crippen LogP contribution < -0.4 is 5.32 Å². The minimum absolute atomic E-state index is 0.127. The van der Waals surface area contributed by atoms with Gasteiger partial charge in [-0.05, 0) is 19.3 Å². The Hall–Kier alpha value is -0.170. The average molecular weight is 199 g/mol. The highest BCUT2D eigenvalue weighted by molar-refractivity contribution is 7.99. The van der Waals surface area contributed by atoms with Crippen LogP contribution >= 0.6 is 11.8 Å². The standard InChI is InChI=1S/C10H17NOS/c1-2-7-13-8-6-11-9-4-3-5-10(9)12/h1,9-12H,3-8H2/t9-,10-/m0/s1. The van der Waals surface area contributed by atoms with Gasteiger partial charge in [-0.2, -0.15) is 0 Å². The summed E-state index contributed by atoms with van der Waals surface area (Å²) in [7, 11) is 0. The summed E-state index contributed by atoms with van der Waals surface area (Å²) in [5.41, 5.74) is 0. The van der Waals surface area contributed by atoms with Crippen molar-refractivity contribution in [1.82, 2.24) is 5.32 Å². The van der Waals surface area contributed by atoms with Crippen LogP contribution in [0.3, 0.4) is 0 Å². The highest BCUT2D eigenvalue weighted by atomic mass is 32.2. The molecule has 1 saturated carbocycles. The molecule has 2 atom stereocenters. The first-order valence-corrected chi connectivity index (χ1v) is 5.92. The summed E-state index contributed by atoms with van der Waals surface area (Å²) in [6.45, 7) is 0.952. The minimum Gasteiger partial charge on any atom is -0.392 e. The fourth-order valence-electron chi connectivity index (χ4n) is 1.63. The second kappa shape index (κ2) is 6.31. The molecule has 0 aromatic rings. The topological polar surface area (TPSA) is 32.3 Å². The van der Waals surface area contributed by atoms with E-state index in [9.17, 15) is 5.11 Å². The van der Waals surface area contributed by atoms with Crippen LogP contribution in [-0.4, -0.2) is 35.3 Å². The largest absolute Gasteiger partial charge is 0.392 e. The Morgan fingerprint density at radius 3 is 3.00 bits per heavy atom. The second-order valence-corrected chi connectivity index (χ2v) is 4.42. The molecular weight excluding hydrogens is 182 g/mol. The van der Waals surface area contributed by atoms with Gasteiger partial charge in [0, 0.05) is 18.3 Å². The number of rotatable bonds is 5. The zero-order chi connectivity index (χ0) is 9.52. The molecule has 2 nitrogen and oxygen atoms in total. The van der Waals surface area contributed by atoms with E-state index in [-0.39, 0.29) is 6.10 Å². The van der Waals surface area contributed by atoms with Crippen LogP contribution in [0.25, 0.3) is 0 Å². The van der Waals surface area contributed by atoms with E-state index in [0.29, 0.717) is 6.04 Å². The van der Waals surface area contributed by atoms with E-state index in [0.717, 1.165) is 37.3 Å². The van der Waals surface area contributed by atoms with Crippen LogP contribution in [0, 0.1) is 12.3 Å². The highest BCUT2D eigenvalue weighted by Gasteiger charge is 2.23. The molecule has 1 fully saturated rings. The molecule has 0 amide bonds. The van der Waals surface area contributed by atoms with Gasteiger partial charge in [0.25, 0.3) is 0 Å². The summed E-state index contributed by atoms with van der Waals surface area (Å²) >= 11 is 1.76. The number of hydrogen-bond donors (Lipinski definition) is 2. The number of nitrogens with one attached hydrogen (secondary N) is 1. The Morgan fingerprint density at radius 1 is 1.54 bits per heavy atom. The van der Waals surface area contributed by atoms with Crippen LogP contribution in [0.15, 0.2) is 0 Å². The molecule has 0 unspecified atom stereocenters. The molecular formula is C10H17NOS. The van der Waals surface area contributed by atoms with Gasteiger partial charge in [0.2, 0.25) is 0 Å². The van der Waals surface area contributed by atoms with Gasteiger partial charge in [-0.1, -0.05) is 5.92 Å². The molecule has 13 heavy (non-hydrogen) atoms. The normalized spacial score (nSPS) is 27.4. The lowest BCUT2D eigenvalue weighted by Gasteiger charge is -2.15. The molecule has 74 valence electrons. The number of thioether (sulfide) groups is 1. The van der Waals surface area contributed by atoms with E-state index in [4.69, 9.17) is 6.42 Å². The van der Waals surface area contributed by atoms with Gasteiger partial charge in [0.1, 0.15) is 0 Å². The molecule has 1 rings (SSSR count). The lowest BCUT2D eigenvalue weighted by Crippen LogP contribution is -2.36. The van der Waals surface area contributed by atoms with Gasteiger partial charge in [0.05, 0.1) is 11.9 Å². The van der Waals surface area contributed by atoms with Crippen molar-refractivity contribution in [3.05, 3.63) is 0 Å². The summed E-state index contributed by atoms with van der Waals surface area (Å²) in [5.74, 6) is 4.41. The maximum Gasteiger partial charge on any atom is 0.0693 e. The van der Waals surface area contributed by atoms with Gasteiger partial charge in [-0.3, -0.25) is 0 Å². The van der Waals surface area contributed by atoms with Crippen LogP contribution in [-0.2, 0) is 0 Å². The maximum absolute atomic E-state index is 9.49. The second-order valence-electron chi connectivity index (χ2n) is 3.32. The zero-order valence-electron chi connectivity index (χ0n) is 7.83. The summed E-state index contributed by atoms with van der Waals surface area (Å²) in [4.78, 5) is 0. The average Bonchev–Trinajstić information content (AvgIpc) is 2.52. The van der Waals surface area contributed by atoms with Crippen molar-refractivity contribution in [2.75, 3.05) is 18.1 Å². The third kappa shape index (κ3) is 4.04. The number of hydrogen-bond acceptors (Lipinski definition) is 3. The zero-order valence-corrected chi connectivity index (χ0v) is 8.65. The van der Waals surface area contributed by atoms with Crippen molar-refractivity contribution in [1.29, 1.82) is 0 Å². The predicted octanol–water partition coefficient (Wildman–Crippen LogP) is 0.856. The van der Waals surface area contributed by atoms with Gasteiger partial charge < -0.3 is 10.4 Å². The summed E-state index contributed by atoms with van der Waals surface area (Å²) < 4.78 is 0. The van der Waals surface area contributed by atoms with Gasteiger partial charge in [-0.25, -0.2) is 0 Å². The van der Waals surface area contributed by atoms with Crippen molar-refractivity contribution in [3.8, 4) is 12.3 Å². The first kappa shape index (κ1) is 10.9. The van der Waals surface area contributed by atoms with E-state index < -0.39 is 0 Å². The van der Waals surface area contributed by atoms with Crippen molar-refractivity contribution >= 4 is 11.8 Å². The van der Waals surface area contributed by atoms with E-state index in [1.165, 1.54) is 0 Å². The third-order valence-electron chi connectivity index (χ3n) is 2.32. The lowest BCUT2D eigenvalue weighted by molar-refractivity contribution is 0.150. The molecule has 0 aromatic carbocycles. The van der Waals surface area contributed by atoms with Gasteiger partial charge in [-0.15, -0.1) is 18.2 Å². The fourth-order valence-corrected chi connectivity index (χ4v) is 2.15. The van der Waals surface area contributed by atoms with Crippen LogP contribution in [0.1, 0.15) is 19.3 Å². The molecule has 0 radical (unpaired) electrons. The molecule has 0 aromatic heterocycles. The van der Waals surface area contributed by atoms with E-state index in [2.05, 4.69) is 11.2 Å². The molecule has 3 heteroatoms. The number of terminal acetylenes is 1. The van der Waals surface area contributed by atoms with Gasteiger partial charge in [0.15, 0.2) is 0 Å². The molecule has 0 bridgehead atoms. The van der Waals surface area contributed by atoms with Crippen molar-refractivity contribution in [3.63, 3.8) is 0 Å². The van der Waals surface area contributed by atoms with Crippen LogP contribution in [0.5, 0.6) is 0 Å². The van der Waals surface area contributed by atoms with E-state index in [1.54, 1.807) is 11.8 Å². The Labute approximate surface area is 84.5 Å². The monoisotopic (exact) mass is 199 g/mol. The fraction of sp³-hybridized carbons (Fsp3) is 0.800. The van der Waals surface area contributed by atoms with Crippen molar-refractivity contribution in [2.45, 2.75) is 31.4 Å².